The zero-order chi connectivity index (χ0) is 42.2. The maximum atomic E-state index is 10.9. The molecular formula is C29H37N18O7PS4. The van der Waals surface area contributed by atoms with Gasteiger partial charge in [0.25, 0.3) is 5.91 Å². The molecule has 0 radical (unpaired) electrons. The van der Waals surface area contributed by atoms with E-state index in [-0.39, 0.29) is 23.4 Å². The topological polar surface area (TPSA) is 360 Å². The first-order chi connectivity index (χ1) is 28.2. The van der Waals surface area contributed by atoms with Crippen LogP contribution in [0.3, 0.4) is 0 Å². The number of rotatable bonds is 9. The minimum absolute atomic E-state index is 0.0527. The van der Waals surface area contributed by atoms with E-state index < -0.39 is 48.3 Å². The Hall–Kier alpha value is -4.65. The molecule has 1 amide bonds. The lowest BCUT2D eigenvalue weighted by Crippen LogP contribution is -2.32. The summed E-state index contributed by atoms with van der Waals surface area (Å²) in [5.41, 5.74) is 18.5. The van der Waals surface area contributed by atoms with Gasteiger partial charge in [-0.3, -0.25) is 4.79 Å². The second-order valence-electron chi connectivity index (χ2n) is 13.0. The summed E-state index contributed by atoms with van der Waals surface area (Å²) in [5.74, 6) is -0.562. The average molecular weight is 909 g/mol. The number of hydrogen-bond donors (Lipinski definition) is 9. The van der Waals surface area contributed by atoms with Gasteiger partial charge in [-0.1, -0.05) is 12.2 Å². The number of aliphatic hydroxyl groups excluding tert-OH is 3. The van der Waals surface area contributed by atoms with E-state index in [0.717, 1.165) is 23.1 Å². The second kappa shape index (κ2) is 17.5. The van der Waals surface area contributed by atoms with Gasteiger partial charge in [-0.15, -0.1) is 11.3 Å². The largest absolute Gasteiger partial charge is 0.396 e. The lowest BCUT2D eigenvalue weighted by atomic mass is 10.1. The van der Waals surface area contributed by atoms with E-state index in [9.17, 15) is 25.1 Å². The molecule has 0 aliphatic carbocycles. The van der Waals surface area contributed by atoms with Crippen LogP contribution in [0.25, 0.3) is 22.3 Å². The van der Waals surface area contributed by atoms with E-state index in [0.29, 0.717) is 42.0 Å². The first kappa shape index (κ1) is 42.5. The first-order valence-electron chi connectivity index (χ1n) is 17.4. The van der Waals surface area contributed by atoms with Crippen LogP contribution in [-0.2, 0) is 23.6 Å². The number of imidazole rings is 3. The third-order valence-electron chi connectivity index (χ3n) is 8.76. The van der Waals surface area contributed by atoms with E-state index in [1.165, 1.54) is 63.6 Å². The lowest BCUT2D eigenvalue weighted by molar-refractivity contribution is -0.392. The first-order valence-corrected chi connectivity index (χ1v) is 22.2. The van der Waals surface area contributed by atoms with E-state index in [1.54, 1.807) is 11.6 Å². The monoisotopic (exact) mass is 908 g/mol. The zero-order valence-electron chi connectivity index (χ0n) is 30.7. The van der Waals surface area contributed by atoms with Gasteiger partial charge in [-0.05, 0) is 33.5 Å². The minimum Gasteiger partial charge on any atom is -0.394 e. The molecule has 0 bridgehead atoms. The normalized spacial score (nSPS) is 21.2. The molecular weight excluding hydrogens is 872 g/mol. The molecule has 0 spiro atoms. The number of aromatic nitrogens is 11. The molecule has 0 aromatic carbocycles. The Kier molecular flexibility index (Phi) is 12.6. The highest BCUT2D eigenvalue weighted by atomic mass is 32.4. The number of carbonyl (C=O) groups is 1. The van der Waals surface area contributed by atoms with E-state index in [1.807, 2.05) is 0 Å². The molecule has 6 aromatic heterocycles. The van der Waals surface area contributed by atoms with Crippen LogP contribution in [0, 0.1) is 14.8 Å². The Morgan fingerprint density at radius 1 is 1.03 bits per heavy atom. The summed E-state index contributed by atoms with van der Waals surface area (Å²) in [6.45, 7) is 5.86. The van der Waals surface area contributed by atoms with Crippen molar-refractivity contribution in [1.29, 1.82) is 0 Å². The number of nitrogens with one attached hydrogen (secondary N) is 3. The summed E-state index contributed by atoms with van der Waals surface area (Å²) in [5, 5.41) is 41.8. The van der Waals surface area contributed by atoms with Crippen molar-refractivity contribution < 1.29 is 29.8 Å². The number of aliphatic hydroxyl groups is 3. The molecule has 314 valence electrons. The summed E-state index contributed by atoms with van der Waals surface area (Å²) in [4.78, 5) is 57.2. The Labute approximate surface area is 350 Å². The third kappa shape index (κ3) is 9.40. The van der Waals surface area contributed by atoms with Gasteiger partial charge in [-0.25, -0.2) is 38.9 Å². The number of primary amides is 1. The fourth-order valence-corrected chi connectivity index (χ4v) is 12.1. The molecule has 10 rings (SSSR count). The van der Waals surface area contributed by atoms with Gasteiger partial charge >= 0.3 is 5.82 Å². The summed E-state index contributed by atoms with van der Waals surface area (Å²) >= 11 is 12.8. The fourth-order valence-electron chi connectivity index (χ4n) is 5.59. The van der Waals surface area contributed by atoms with Crippen LogP contribution < -0.4 is 17.2 Å². The number of aromatic amines is 3. The number of nitrogens with zero attached hydrogens (tertiary/aromatic N) is 12. The van der Waals surface area contributed by atoms with Gasteiger partial charge in [0.05, 0.1) is 19.3 Å². The molecule has 6 aromatic rings. The van der Waals surface area contributed by atoms with Crippen molar-refractivity contribution in [3.05, 3.63) is 49.8 Å². The van der Waals surface area contributed by atoms with Crippen molar-refractivity contribution >= 4 is 99.6 Å². The molecule has 12 N–H and O–H groups in total. The van der Waals surface area contributed by atoms with Crippen LogP contribution in [0.4, 0.5) is 17.7 Å². The molecule has 4 saturated heterocycles. The number of hydrogen-bond acceptors (Lipinski definition) is 20. The van der Waals surface area contributed by atoms with Gasteiger partial charge in [0.15, 0.2) is 21.0 Å². The highest BCUT2D eigenvalue weighted by Crippen LogP contribution is 2.65. The van der Waals surface area contributed by atoms with Crippen molar-refractivity contribution in [3.63, 3.8) is 0 Å². The van der Waals surface area contributed by atoms with E-state index >= 15 is 0 Å². The molecule has 4 aliphatic heterocycles. The molecule has 59 heavy (non-hydrogen) atoms. The number of H-pyrrole nitrogens is 3. The highest BCUT2D eigenvalue weighted by Gasteiger charge is 2.51. The smallest absolute Gasteiger partial charge is 0.394 e. The van der Waals surface area contributed by atoms with Crippen molar-refractivity contribution in [3.8, 4) is 0 Å². The Morgan fingerprint density at radius 2 is 1.68 bits per heavy atom. The summed E-state index contributed by atoms with van der Waals surface area (Å²) in [6.07, 6.45) is 0.314. The predicted molar refractivity (Wildman–Crippen MR) is 220 cm³/mol. The highest BCUT2D eigenvalue weighted by molar-refractivity contribution is 8.11. The van der Waals surface area contributed by atoms with Crippen molar-refractivity contribution in [1.82, 2.24) is 68.4 Å². The number of fused-ring (bicyclic) bond motifs is 2. The maximum absolute atomic E-state index is 10.9. The SMILES string of the molecule is Cn1cnc([N+](=O)[O-])c1Sc1nc(N)nc2nc[nH]c12.NC(=O)c1csc([C@@H]2O[C@H](CO)[C@@H](O)[C@H]2O)n1.Nc1nc(=S)c2[nH]cnc2[nH]1.S=P(N1CC1)(N1CC1)N1CC1. The molecule has 25 nitrogen and oxygen atoms in total. The van der Waals surface area contributed by atoms with Gasteiger partial charge in [0.2, 0.25) is 18.2 Å². The van der Waals surface area contributed by atoms with E-state index in [2.05, 4.69) is 63.9 Å². The number of amides is 1. The van der Waals surface area contributed by atoms with Crippen molar-refractivity contribution in [2.24, 2.45) is 12.8 Å². The number of nitrogen functional groups attached to an aromatic ring is 2. The fraction of sp³-hybridized carbons (Fsp3) is 0.414. The lowest BCUT2D eigenvalue weighted by Gasteiger charge is -2.25. The quantitative estimate of drug-likeness (QED) is 0.0228. The maximum Gasteiger partial charge on any atom is 0.396 e. The number of anilines is 2. The summed E-state index contributed by atoms with van der Waals surface area (Å²) in [6, 6.07) is 0. The zero-order valence-corrected chi connectivity index (χ0v) is 34.9. The van der Waals surface area contributed by atoms with Crippen LogP contribution in [0.5, 0.6) is 0 Å². The number of thiazole rings is 1. The van der Waals surface area contributed by atoms with Crippen LogP contribution in [-0.4, -0.2) is 159 Å². The summed E-state index contributed by atoms with van der Waals surface area (Å²) < 4.78 is 14.7. The number of aryl methyl sites for hydroxylation is 1. The Morgan fingerprint density at radius 3 is 2.25 bits per heavy atom. The molecule has 4 aliphatic rings. The Balaban J connectivity index is 0.000000123. The molecule has 30 heteroatoms. The van der Waals surface area contributed by atoms with Crippen molar-refractivity contribution in [2.75, 3.05) is 57.3 Å². The standard InChI is InChI=1S/C9H8N8O2S.C9H12N2O5S.C6H12N3PS.C5H5N5S/c1-16-3-13-6(17(18)19)8(16)20-7-4-5(12-2-11-4)14-9(10)15-7;10-8(15)3-2-17-9(11-3)7-6(14)5(13)4(1-12)16-7;11-10(7-1-2-7,8-3-4-8)9-5-6-9;6-5-9-3-2(4(11)10-5)7-1-8-3/h2-3H,1H3,(H3,10,11,12,14,15);2,4-7,12-14H,1H2,(H2,10,15);1-6H2;1H,(H4,6,7,8,9,10,11)/t;4-,5-,6-,7-;;/m.1../s1. The third-order valence-corrected chi connectivity index (χ3v) is 16.6. The van der Waals surface area contributed by atoms with Gasteiger partial charge in [0, 0.05) is 51.7 Å². The predicted octanol–water partition coefficient (Wildman–Crippen LogP) is -0.121. The molecule has 10 heterocycles. The average Bonchev–Trinajstić information content (AvgIpc) is 4.17. The molecule has 4 atom stereocenters. The van der Waals surface area contributed by atoms with Crippen LogP contribution in [0.1, 0.15) is 21.6 Å². The van der Waals surface area contributed by atoms with Crippen LogP contribution >= 0.6 is 41.8 Å². The van der Waals surface area contributed by atoms with Crippen LogP contribution in [0.15, 0.2) is 34.4 Å². The number of nitro groups is 1. The van der Waals surface area contributed by atoms with Crippen molar-refractivity contribution in [2.45, 2.75) is 34.5 Å². The molecule has 0 unspecified atom stereocenters. The molecule has 0 saturated carbocycles. The number of ether oxygens (including phenoxy) is 1. The van der Waals surface area contributed by atoms with Gasteiger partial charge in [0.1, 0.15) is 57.7 Å². The minimum atomic E-state index is -1.27. The summed E-state index contributed by atoms with van der Waals surface area (Å²) in [7, 11) is 1.66. The molecule has 4 fully saturated rings. The van der Waals surface area contributed by atoms with Crippen LogP contribution in [0.2, 0.25) is 0 Å². The number of carbonyl (C=O) groups excluding carboxylic acids is 1. The Bertz CT molecular complexity index is 2550. The van der Waals surface area contributed by atoms with Gasteiger partial charge in [-0.2, -0.15) is 4.98 Å². The van der Waals surface area contributed by atoms with E-state index in [4.69, 9.17) is 51.1 Å². The second-order valence-corrected chi connectivity index (χ2v) is 19.4. The number of nitrogens with two attached hydrogens (primary N) is 3. The van der Waals surface area contributed by atoms with Gasteiger partial charge < -0.3 is 66.9 Å².